The number of carbonyl (C=O) groups excluding carboxylic acids is 1. The SMILES string of the molecule is COc1ccc(S(=O)(=O)C[C@H]2CCOC2)cc1C(=O)Nc1cc(Cl)cc(Cl)c1. The lowest BCUT2D eigenvalue weighted by Crippen LogP contribution is -2.18. The van der Waals surface area contributed by atoms with Gasteiger partial charge in [0.05, 0.1) is 29.9 Å². The van der Waals surface area contributed by atoms with Crippen LogP contribution in [0.25, 0.3) is 0 Å². The smallest absolute Gasteiger partial charge is 0.259 e. The monoisotopic (exact) mass is 443 g/mol. The molecule has 1 atom stereocenters. The van der Waals surface area contributed by atoms with E-state index in [0.29, 0.717) is 35.4 Å². The molecule has 0 aromatic heterocycles. The van der Waals surface area contributed by atoms with Gasteiger partial charge in [0.25, 0.3) is 5.91 Å². The van der Waals surface area contributed by atoms with Crippen LogP contribution >= 0.6 is 23.2 Å². The molecule has 6 nitrogen and oxygen atoms in total. The van der Waals surface area contributed by atoms with Crippen LogP contribution in [-0.4, -0.2) is 40.4 Å². The number of hydrogen-bond acceptors (Lipinski definition) is 5. The van der Waals surface area contributed by atoms with Gasteiger partial charge in [0.1, 0.15) is 5.75 Å². The molecule has 1 N–H and O–H groups in total. The van der Waals surface area contributed by atoms with Gasteiger partial charge in [-0.05, 0) is 48.7 Å². The zero-order valence-corrected chi connectivity index (χ0v) is 17.4. The Labute approximate surface area is 173 Å². The van der Waals surface area contributed by atoms with Crippen molar-refractivity contribution in [3.8, 4) is 5.75 Å². The number of ether oxygens (including phenoxy) is 2. The summed E-state index contributed by atoms with van der Waals surface area (Å²) in [5.74, 6) is -0.340. The number of nitrogens with one attached hydrogen (secondary N) is 1. The highest BCUT2D eigenvalue weighted by Crippen LogP contribution is 2.28. The van der Waals surface area contributed by atoms with Crippen LogP contribution in [0.2, 0.25) is 10.0 Å². The number of anilines is 1. The van der Waals surface area contributed by atoms with Gasteiger partial charge in [-0.15, -0.1) is 0 Å². The van der Waals surface area contributed by atoms with Crippen LogP contribution in [-0.2, 0) is 14.6 Å². The van der Waals surface area contributed by atoms with Gasteiger partial charge in [0.2, 0.25) is 0 Å². The number of sulfone groups is 1. The third kappa shape index (κ3) is 4.97. The summed E-state index contributed by atoms with van der Waals surface area (Å²) in [6.45, 7) is 0.997. The molecule has 0 radical (unpaired) electrons. The molecule has 1 aliphatic rings. The minimum atomic E-state index is -3.57. The van der Waals surface area contributed by atoms with E-state index in [1.54, 1.807) is 18.2 Å². The predicted octanol–water partition coefficient (Wildman–Crippen LogP) is 4.06. The summed E-state index contributed by atoms with van der Waals surface area (Å²) >= 11 is 11.9. The largest absolute Gasteiger partial charge is 0.496 e. The first-order valence-electron chi connectivity index (χ1n) is 8.54. The van der Waals surface area contributed by atoms with E-state index >= 15 is 0 Å². The molecular weight excluding hydrogens is 425 g/mol. The number of benzene rings is 2. The van der Waals surface area contributed by atoms with Crippen LogP contribution in [0.15, 0.2) is 41.3 Å². The molecule has 1 saturated heterocycles. The Morgan fingerprint density at radius 1 is 1.21 bits per heavy atom. The molecule has 0 unspecified atom stereocenters. The van der Waals surface area contributed by atoms with Crippen LogP contribution in [0.4, 0.5) is 5.69 Å². The average molecular weight is 444 g/mol. The molecule has 9 heteroatoms. The predicted molar refractivity (Wildman–Crippen MR) is 108 cm³/mol. The van der Waals surface area contributed by atoms with E-state index in [1.165, 1.54) is 25.3 Å². The van der Waals surface area contributed by atoms with E-state index in [1.807, 2.05) is 0 Å². The van der Waals surface area contributed by atoms with Crippen LogP contribution < -0.4 is 10.1 Å². The molecule has 1 amide bonds. The highest BCUT2D eigenvalue weighted by atomic mass is 35.5. The maximum Gasteiger partial charge on any atom is 0.259 e. The number of hydrogen-bond donors (Lipinski definition) is 1. The van der Waals surface area contributed by atoms with Gasteiger partial charge in [0.15, 0.2) is 9.84 Å². The van der Waals surface area contributed by atoms with Crippen LogP contribution in [0, 0.1) is 5.92 Å². The van der Waals surface area contributed by atoms with Crippen molar-refractivity contribution in [2.24, 2.45) is 5.92 Å². The van der Waals surface area contributed by atoms with Crippen LogP contribution in [0.1, 0.15) is 16.8 Å². The Bertz CT molecular complexity index is 968. The maximum absolute atomic E-state index is 12.7. The second kappa shape index (κ2) is 8.69. The van der Waals surface area contributed by atoms with Gasteiger partial charge < -0.3 is 14.8 Å². The summed E-state index contributed by atoms with van der Waals surface area (Å²) in [4.78, 5) is 12.8. The molecule has 28 heavy (non-hydrogen) atoms. The average Bonchev–Trinajstić information content (AvgIpc) is 3.12. The Hall–Kier alpha value is -1.80. The first kappa shape index (κ1) is 20.9. The summed E-state index contributed by atoms with van der Waals surface area (Å²) in [6.07, 6.45) is 0.707. The van der Waals surface area contributed by atoms with Crippen molar-refractivity contribution >= 4 is 44.6 Å². The van der Waals surface area contributed by atoms with Gasteiger partial charge in [-0.1, -0.05) is 23.2 Å². The Morgan fingerprint density at radius 2 is 1.93 bits per heavy atom. The zero-order chi connectivity index (χ0) is 20.3. The summed E-state index contributed by atoms with van der Waals surface area (Å²) in [5, 5.41) is 3.39. The van der Waals surface area contributed by atoms with E-state index in [2.05, 4.69) is 5.32 Å². The van der Waals surface area contributed by atoms with E-state index < -0.39 is 15.7 Å². The van der Waals surface area contributed by atoms with Gasteiger partial charge in [-0.3, -0.25) is 4.79 Å². The van der Waals surface area contributed by atoms with Crippen molar-refractivity contribution in [2.45, 2.75) is 11.3 Å². The van der Waals surface area contributed by atoms with Crippen molar-refractivity contribution in [3.05, 3.63) is 52.0 Å². The fraction of sp³-hybridized carbons (Fsp3) is 0.316. The molecule has 0 bridgehead atoms. The van der Waals surface area contributed by atoms with Crippen molar-refractivity contribution in [2.75, 3.05) is 31.4 Å². The normalized spacial score (nSPS) is 16.8. The van der Waals surface area contributed by atoms with E-state index in [0.717, 1.165) is 0 Å². The number of carbonyl (C=O) groups is 1. The molecule has 2 aromatic carbocycles. The molecule has 0 aliphatic carbocycles. The molecular formula is C19H19Cl2NO5S. The molecule has 3 rings (SSSR count). The van der Waals surface area contributed by atoms with Gasteiger partial charge in [-0.2, -0.15) is 0 Å². The number of halogens is 2. The molecule has 0 spiro atoms. The Balaban J connectivity index is 1.88. The van der Waals surface area contributed by atoms with Gasteiger partial charge in [0, 0.05) is 22.3 Å². The Kier molecular flexibility index (Phi) is 6.50. The number of methoxy groups -OCH3 is 1. The van der Waals surface area contributed by atoms with Crippen molar-refractivity contribution in [3.63, 3.8) is 0 Å². The van der Waals surface area contributed by atoms with Crippen molar-refractivity contribution in [1.82, 2.24) is 0 Å². The second-order valence-corrected chi connectivity index (χ2v) is 9.39. The van der Waals surface area contributed by atoms with Crippen LogP contribution in [0.3, 0.4) is 0 Å². The zero-order valence-electron chi connectivity index (χ0n) is 15.1. The summed E-state index contributed by atoms with van der Waals surface area (Å²) < 4.78 is 36.0. The molecule has 150 valence electrons. The summed E-state index contributed by atoms with van der Waals surface area (Å²) in [5.41, 5.74) is 0.489. The summed E-state index contributed by atoms with van der Waals surface area (Å²) in [7, 11) is -2.16. The minimum Gasteiger partial charge on any atom is -0.496 e. The van der Waals surface area contributed by atoms with Crippen LogP contribution in [0.5, 0.6) is 5.75 Å². The number of rotatable bonds is 6. The van der Waals surface area contributed by atoms with E-state index in [4.69, 9.17) is 32.7 Å². The molecule has 1 aliphatic heterocycles. The first-order chi connectivity index (χ1) is 13.3. The number of amides is 1. The molecule has 2 aromatic rings. The van der Waals surface area contributed by atoms with Crippen molar-refractivity contribution < 1.29 is 22.7 Å². The minimum absolute atomic E-state index is 0.0235. The molecule has 0 saturated carbocycles. The highest BCUT2D eigenvalue weighted by molar-refractivity contribution is 7.91. The third-order valence-electron chi connectivity index (χ3n) is 4.37. The fourth-order valence-corrected chi connectivity index (χ4v) is 5.18. The second-order valence-electron chi connectivity index (χ2n) is 6.49. The standard InChI is InChI=1S/C19H19Cl2NO5S/c1-26-18-3-2-16(28(24,25)11-12-4-5-27-10-12)9-17(18)19(23)22-15-7-13(20)6-14(21)8-15/h2-3,6-9,12H,4-5,10-11H2,1H3,(H,22,23)/t12-/m0/s1. The lowest BCUT2D eigenvalue weighted by Gasteiger charge is -2.13. The maximum atomic E-state index is 12.7. The Morgan fingerprint density at radius 3 is 2.54 bits per heavy atom. The van der Waals surface area contributed by atoms with Crippen molar-refractivity contribution in [1.29, 1.82) is 0 Å². The summed E-state index contributed by atoms with van der Waals surface area (Å²) in [6, 6.07) is 8.86. The molecule has 1 fully saturated rings. The third-order valence-corrected chi connectivity index (χ3v) is 6.69. The van der Waals surface area contributed by atoms with Gasteiger partial charge >= 0.3 is 0 Å². The fourth-order valence-electron chi connectivity index (χ4n) is 3.00. The van der Waals surface area contributed by atoms with E-state index in [9.17, 15) is 13.2 Å². The lowest BCUT2D eigenvalue weighted by atomic mass is 10.1. The van der Waals surface area contributed by atoms with Gasteiger partial charge in [-0.25, -0.2) is 8.42 Å². The van der Waals surface area contributed by atoms with E-state index in [-0.39, 0.29) is 27.9 Å². The lowest BCUT2D eigenvalue weighted by molar-refractivity contribution is 0.102. The first-order valence-corrected chi connectivity index (χ1v) is 11.0. The highest BCUT2D eigenvalue weighted by Gasteiger charge is 2.26. The topological polar surface area (TPSA) is 81.7 Å². The quantitative estimate of drug-likeness (QED) is 0.727. The molecule has 1 heterocycles.